The summed E-state index contributed by atoms with van der Waals surface area (Å²) < 4.78 is 9.93. The van der Waals surface area contributed by atoms with Crippen molar-refractivity contribution in [3.63, 3.8) is 0 Å². The first-order valence-electron chi connectivity index (χ1n) is 9.92. The van der Waals surface area contributed by atoms with E-state index < -0.39 is 11.8 Å². The third kappa shape index (κ3) is 6.10. The number of carbonyl (C=O) groups is 2. The van der Waals surface area contributed by atoms with Gasteiger partial charge in [-0.1, -0.05) is 0 Å². The molecule has 0 bridgehead atoms. The number of ether oxygens (including phenoxy) is 2. The Morgan fingerprint density at radius 1 is 0.706 bits per heavy atom. The van der Waals surface area contributed by atoms with Gasteiger partial charge in [-0.25, -0.2) is 10.9 Å². The fourth-order valence-corrected chi connectivity index (χ4v) is 2.81. The predicted molar refractivity (Wildman–Crippen MR) is 126 cm³/mol. The summed E-state index contributed by atoms with van der Waals surface area (Å²) in [4.78, 5) is 24.5. The van der Waals surface area contributed by atoms with Gasteiger partial charge in [0.25, 0.3) is 11.8 Å². The second-order valence-electron chi connectivity index (χ2n) is 6.84. The number of phenols is 2. The number of hydrogen-bond acceptors (Lipinski definition) is 8. The minimum Gasteiger partial charge on any atom is -0.504 e. The second-order valence-corrected chi connectivity index (χ2v) is 6.84. The molecule has 3 aromatic carbocycles. The number of aromatic hydroxyl groups is 2. The number of phenolic OH excluding ortho intramolecular Hbond substituents is 2. The van der Waals surface area contributed by atoms with E-state index in [-0.39, 0.29) is 11.5 Å². The molecule has 0 unspecified atom stereocenters. The first-order valence-corrected chi connectivity index (χ1v) is 9.92. The minimum atomic E-state index is -0.474. The highest BCUT2D eigenvalue weighted by molar-refractivity contribution is 5.98. The predicted octanol–water partition coefficient (Wildman–Crippen LogP) is 2.64. The van der Waals surface area contributed by atoms with Crippen LogP contribution < -0.4 is 20.3 Å². The number of hydrazone groups is 2. The Labute approximate surface area is 195 Å². The molecule has 10 nitrogen and oxygen atoms in total. The molecule has 0 heterocycles. The Balaban J connectivity index is 1.54. The van der Waals surface area contributed by atoms with Gasteiger partial charge in [-0.3, -0.25) is 9.59 Å². The number of benzene rings is 3. The molecule has 34 heavy (non-hydrogen) atoms. The smallest absolute Gasteiger partial charge is 0.271 e. The van der Waals surface area contributed by atoms with Gasteiger partial charge in [0.05, 0.1) is 26.6 Å². The fraction of sp³-hybridized carbons (Fsp3) is 0.0833. The first kappa shape index (κ1) is 23.8. The summed E-state index contributed by atoms with van der Waals surface area (Å²) in [5, 5.41) is 27.2. The summed E-state index contributed by atoms with van der Waals surface area (Å²) in [7, 11) is 2.89. The molecular weight excluding hydrogens is 440 g/mol. The van der Waals surface area contributed by atoms with E-state index in [4.69, 9.17) is 9.47 Å². The van der Waals surface area contributed by atoms with Crippen molar-refractivity contribution in [3.8, 4) is 23.0 Å². The maximum atomic E-state index is 12.2. The summed E-state index contributed by atoms with van der Waals surface area (Å²) in [6.07, 6.45) is 2.75. The largest absolute Gasteiger partial charge is 0.504 e. The Kier molecular flexibility index (Phi) is 7.79. The molecule has 0 aliphatic heterocycles. The lowest BCUT2D eigenvalue weighted by Gasteiger charge is -2.04. The van der Waals surface area contributed by atoms with E-state index in [0.29, 0.717) is 33.8 Å². The lowest BCUT2D eigenvalue weighted by Crippen LogP contribution is -2.19. The third-order valence-electron chi connectivity index (χ3n) is 4.57. The Morgan fingerprint density at radius 3 is 1.41 bits per heavy atom. The first-order chi connectivity index (χ1) is 16.4. The van der Waals surface area contributed by atoms with Crippen LogP contribution in [-0.4, -0.2) is 48.7 Å². The summed E-state index contributed by atoms with van der Waals surface area (Å²) >= 11 is 0. The van der Waals surface area contributed by atoms with Crippen LogP contribution in [0.4, 0.5) is 0 Å². The van der Waals surface area contributed by atoms with Crippen LogP contribution in [0.15, 0.2) is 70.9 Å². The number of rotatable bonds is 8. The van der Waals surface area contributed by atoms with Crippen molar-refractivity contribution < 1.29 is 29.3 Å². The summed E-state index contributed by atoms with van der Waals surface area (Å²) in [5.41, 5.74) is 6.47. The van der Waals surface area contributed by atoms with E-state index in [2.05, 4.69) is 21.1 Å². The van der Waals surface area contributed by atoms with E-state index in [0.717, 1.165) is 0 Å². The van der Waals surface area contributed by atoms with Crippen molar-refractivity contribution in [1.29, 1.82) is 0 Å². The molecule has 0 aromatic heterocycles. The molecule has 0 atom stereocenters. The van der Waals surface area contributed by atoms with Crippen LogP contribution in [0.1, 0.15) is 31.8 Å². The molecule has 3 aromatic rings. The highest BCUT2D eigenvalue weighted by atomic mass is 16.5. The van der Waals surface area contributed by atoms with E-state index in [1.54, 1.807) is 24.3 Å². The lowest BCUT2D eigenvalue weighted by molar-refractivity contribution is 0.0943. The SMILES string of the molecule is COc1ccc(/C=N/NC(=O)c2ccc(C(=O)N/N=C/c3ccc(OC)c(O)c3)cc2)cc1O. The Bertz CT molecular complexity index is 1140. The molecule has 0 spiro atoms. The Hall–Kier alpha value is -4.86. The van der Waals surface area contributed by atoms with E-state index in [9.17, 15) is 19.8 Å². The van der Waals surface area contributed by atoms with E-state index in [1.807, 2.05) is 0 Å². The fourth-order valence-electron chi connectivity index (χ4n) is 2.81. The molecule has 0 radical (unpaired) electrons. The maximum absolute atomic E-state index is 12.2. The number of carbonyl (C=O) groups excluding carboxylic acids is 2. The number of methoxy groups -OCH3 is 2. The summed E-state index contributed by atoms with van der Waals surface area (Å²) in [6.45, 7) is 0. The molecule has 0 aliphatic rings. The quantitative estimate of drug-likeness (QED) is 0.300. The van der Waals surface area contributed by atoms with Crippen LogP contribution in [0, 0.1) is 0 Å². The number of nitrogens with zero attached hydrogens (tertiary/aromatic N) is 2. The van der Waals surface area contributed by atoms with Gasteiger partial charge in [0, 0.05) is 11.1 Å². The molecule has 10 heteroatoms. The number of hydrogen-bond donors (Lipinski definition) is 4. The van der Waals surface area contributed by atoms with Crippen molar-refractivity contribution in [2.75, 3.05) is 14.2 Å². The van der Waals surface area contributed by atoms with Crippen molar-refractivity contribution >= 4 is 24.2 Å². The molecule has 2 amide bonds. The third-order valence-corrected chi connectivity index (χ3v) is 4.57. The molecular formula is C24H22N4O6. The van der Waals surface area contributed by atoms with Crippen molar-refractivity contribution in [2.45, 2.75) is 0 Å². The average molecular weight is 462 g/mol. The Morgan fingerprint density at radius 2 is 1.09 bits per heavy atom. The summed E-state index contributed by atoms with van der Waals surface area (Å²) in [6, 6.07) is 15.3. The molecule has 0 saturated heterocycles. The normalized spacial score (nSPS) is 10.9. The molecule has 174 valence electrons. The van der Waals surface area contributed by atoms with Gasteiger partial charge in [-0.2, -0.15) is 10.2 Å². The van der Waals surface area contributed by atoms with Crippen LogP contribution in [0.5, 0.6) is 23.0 Å². The monoisotopic (exact) mass is 462 g/mol. The van der Waals surface area contributed by atoms with Gasteiger partial charge < -0.3 is 19.7 Å². The molecule has 0 aliphatic carbocycles. The zero-order chi connectivity index (χ0) is 24.5. The van der Waals surface area contributed by atoms with Crippen LogP contribution >= 0.6 is 0 Å². The van der Waals surface area contributed by atoms with Gasteiger partial charge in [-0.15, -0.1) is 0 Å². The van der Waals surface area contributed by atoms with Crippen LogP contribution in [0.25, 0.3) is 0 Å². The molecule has 0 fully saturated rings. The minimum absolute atomic E-state index is 0.0434. The number of nitrogens with one attached hydrogen (secondary N) is 2. The van der Waals surface area contributed by atoms with Crippen LogP contribution in [0.3, 0.4) is 0 Å². The van der Waals surface area contributed by atoms with E-state index in [1.165, 1.54) is 63.0 Å². The molecule has 4 N–H and O–H groups in total. The standard InChI is InChI=1S/C24H22N4O6/c1-33-21-9-3-15(11-19(21)29)13-25-27-23(31)17-5-7-18(8-6-17)24(32)28-26-14-16-4-10-22(34-2)20(30)12-16/h3-14,29-30H,1-2H3,(H,27,31)(H,28,32)/b25-13+,26-14+. The topological polar surface area (TPSA) is 142 Å². The van der Waals surface area contributed by atoms with E-state index >= 15 is 0 Å². The zero-order valence-electron chi connectivity index (χ0n) is 18.4. The van der Waals surface area contributed by atoms with Gasteiger partial charge in [0.2, 0.25) is 0 Å². The van der Waals surface area contributed by atoms with Crippen molar-refractivity contribution in [3.05, 3.63) is 82.9 Å². The summed E-state index contributed by atoms with van der Waals surface area (Å²) in [5.74, 6) is -0.375. The average Bonchev–Trinajstić information content (AvgIpc) is 2.84. The lowest BCUT2D eigenvalue weighted by atomic mass is 10.1. The van der Waals surface area contributed by atoms with Gasteiger partial charge in [0.1, 0.15) is 0 Å². The van der Waals surface area contributed by atoms with Gasteiger partial charge in [0.15, 0.2) is 23.0 Å². The highest BCUT2D eigenvalue weighted by Gasteiger charge is 2.08. The maximum Gasteiger partial charge on any atom is 0.271 e. The molecule has 3 rings (SSSR count). The zero-order valence-corrected chi connectivity index (χ0v) is 18.4. The molecule has 0 saturated carbocycles. The van der Waals surface area contributed by atoms with Crippen molar-refractivity contribution in [2.24, 2.45) is 10.2 Å². The van der Waals surface area contributed by atoms with Crippen LogP contribution in [0.2, 0.25) is 0 Å². The number of amides is 2. The van der Waals surface area contributed by atoms with Gasteiger partial charge in [-0.05, 0) is 71.8 Å². The van der Waals surface area contributed by atoms with Crippen LogP contribution in [-0.2, 0) is 0 Å². The van der Waals surface area contributed by atoms with Gasteiger partial charge >= 0.3 is 0 Å². The highest BCUT2D eigenvalue weighted by Crippen LogP contribution is 2.26. The van der Waals surface area contributed by atoms with Crippen molar-refractivity contribution in [1.82, 2.24) is 10.9 Å². The second kappa shape index (κ2) is 11.1.